The Hall–Kier alpha value is -4.67. The highest BCUT2D eigenvalue weighted by atomic mass is 16.6. The lowest BCUT2D eigenvalue weighted by molar-refractivity contribution is -0.384. The molecule has 0 saturated heterocycles. The number of aromatic nitrogens is 3. The molecule has 0 fully saturated rings. The summed E-state index contributed by atoms with van der Waals surface area (Å²) in [5.74, 6) is -0.142. The molecule has 0 radical (unpaired) electrons. The number of nitrogens with zero attached hydrogens (tertiary/aromatic N) is 5. The predicted octanol–water partition coefficient (Wildman–Crippen LogP) is 4.64. The number of anilines is 4. The van der Waals surface area contributed by atoms with E-state index in [9.17, 15) is 20.2 Å². The Kier molecular flexibility index (Phi) is 5.06. The van der Waals surface area contributed by atoms with Crippen LogP contribution in [0.2, 0.25) is 0 Å². The molecule has 0 aliphatic carbocycles. The molecule has 0 aliphatic heterocycles. The van der Waals surface area contributed by atoms with E-state index >= 15 is 0 Å². The van der Waals surface area contributed by atoms with Crippen LogP contribution in [0.15, 0.2) is 60.9 Å². The number of hydrogen-bond donors (Lipinski definition) is 2. The van der Waals surface area contributed by atoms with E-state index in [1.807, 2.05) is 25.1 Å². The fourth-order valence-corrected chi connectivity index (χ4v) is 3.04. The second-order valence-corrected chi connectivity index (χ2v) is 6.56. The van der Waals surface area contributed by atoms with Crippen molar-refractivity contribution >= 4 is 45.3 Å². The van der Waals surface area contributed by atoms with Crippen molar-refractivity contribution in [1.82, 2.24) is 15.0 Å². The van der Waals surface area contributed by atoms with E-state index in [-0.39, 0.29) is 23.0 Å². The number of pyridine rings is 1. The Bertz CT molecular complexity index is 1330. The van der Waals surface area contributed by atoms with Crippen LogP contribution in [-0.2, 0) is 0 Å². The highest BCUT2D eigenvalue weighted by Crippen LogP contribution is 2.35. The minimum absolute atomic E-state index is 0.0382. The zero-order valence-corrected chi connectivity index (χ0v) is 16.1. The van der Waals surface area contributed by atoms with Crippen molar-refractivity contribution in [1.29, 1.82) is 0 Å². The van der Waals surface area contributed by atoms with Gasteiger partial charge >= 0.3 is 5.69 Å². The highest BCUT2D eigenvalue weighted by molar-refractivity contribution is 5.93. The Morgan fingerprint density at radius 2 is 1.61 bits per heavy atom. The Balaban J connectivity index is 1.75. The van der Waals surface area contributed by atoms with Crippen molar-refractivity contribution in [2.45, 2.75) is 6.92 Å². The number of non-ortho nitro benzene ring substituents is 1. The van der Waals surface area contributed by atoms with Crippen molar-refractivity contribution in [3.63, 3.8) is 0 Å². The molecular weight excluding hydrogens is 402 g/mol. The molecule has 0 spiro atoms. The molecule has 11 heteroatoms. The van der Waals surface area contributed by atoms with Gasteiger partial charge in [-0.05, 0) is 25.1 Å². The number of fused-ring (bicyclic) bond motifs is 1. The van der Waals surface area contributed by atoms with Gasteiger partial charge in [0, 0.05) is 28.9 Å². The summed E-state index contributed by atoms with van der Waals surface area (Å²) < 4.78 is 0. The SMILES string of the molecule is Cc1ccc2cccc(Nc3ncnc(Nc4cccc([N+](=O)[O-])c4)c3[N+](=O)[O-])c2n1. The first kappa shape index (κ1) is 19.6. The number of para-hydroxylation sites is 1. The molecule has 0 bridgehead atoms. The van der Waals surface area contributed by atoms with Crippen molar-refractivity contribution in [3.8, 4) is 0 Å². The van der Waals surface area contributed by atoms with E-state index < -0.39 is 15.5 Å². The Labute approximate surface area is 175 Å². The molecule has 2 aromatic carbocycles. The summed E-state index contributed by atoms with van der Waals surface area (Å²) in [6.07, 6.45) is 1.17. The summed E-state index contributed by atoms with van der Waals surface area (Å²) in [4.78, 5) is 34.2. The van der Waals surface area contributed by atoms with Crippen LogP contribution < -0.4 is 10.6 Å². The van der Waals surface area contributed by atoms with Crippen molar-refractivity contribution < 1.29 is 9.85 Å². The average Bonchev–Trinajstić information content (AvgIpc) is 2.74. The van der Waals surface area contributed by atoms with Crippen molar-refractivity contribution in [3.05, 3.63) is 86.8 Å². The molecule has 0 atom stereocenters. The zero-order chi connectivity index (χ0) is 22.0. The maximum absolute atomic E-state index is 11.8. The molecule has 2 heterocycles. The van der Waals surface area contributed by atoms with Gasteiger partial charge < -0.3 is 10.6 Å². The molecular formula is C20H15N7O4. The van der Waals surface area contributed by atoms with Crippen LogP contribution in [0.3, 0.4) is 0 Å². The number of nitro benzene ring substituents is 1. The molecule has 0 saturated carbocycles. The van der Waals surface area contributed by atoms with Gasteiger partial charge in [0.1, 0.15) is 6.33 Å². The van der Waals surface area contributed by atoms with Gasteiger partial charge in [-0.1, -0.05) is 24.3 Å². The standard InChI is InChI=1S/C20H15N7O4/c1-12-8-9-13-4-2-7-16(17(13)23-12)25-20-18(27(30)31)19(21-11-22-20)24-14-5-3-6-15(10-14)26(28)29/h2-11H,1H3,(H2,21,22,24,25). The molecule has 4 aromatic rings. The van der Waals surface area contributed by atoms with Gasteiger partial charge in [-0.25, -0.2) is 9.97 Å². The van der Waals surface area contributed by atoms with E-state index in [0.717, 1.165) is 11.1 Å². The molecule has 0 unspecified atom stereocenters. The van der Waals surface area contributed by atoms with E-state index in [1.54, 1.807) is 18.2 Å². The second kappa shape index (κ2) is 7.99. The van der Waals surface area contributed by atoms with E-state index in [0.29, 0.717) is 11.2 Å². The van der Waals surface area contributed by atoms with E-state index in [2.05, 4.69) is 25.6 Å². The minimum atomic E-state index is -0.619. The molecule has 0 amide bonds. The molecule has 31 heavy (non-hydrogen) atoms. The Morgan fingerprint density at radius 1 is 0.871 bits per heavy atom. The normalized spacial score (nSPS) is 10.6. The molecule has 11 nitrogen and oxygen atoms in total. The van der Waals surface area contributed by atoms with Crippen LogP contribution in [0.1, 0.15) is 5.69 Å². The smallest absolute Gasteiger partial charge is 0.334 e. The molecule has 0 aliphatic rings. The summed E-state index contributed by atoms with van der Waals surface area (Å²) in [5.41, 5.74) is 1.71. The first-order valence-corrected chi connectivity index (χ1v) is 9.06. The van der Waals surface area contributed by atoms with Gasteiger partial charge in [0.05, 0.1) is 21.1 Å². The largest absolute Gasteiger partial charge is 0.353 e. The average molecular weight is 417 g/mol. The van der Waals surface area contributed by atoms with Gasteiger partial charge in [0.15, 0.2) is 0 Å². The molecule has 2 aromatic heterocycles. The lowest BCUT2D eigenvalue weighted by Crippen LogP contribution is -2.06. The Morgan fingerprint density at radius 3 is 2.35 bits per heavy atom. The summed E-state index contributed by atoms with van der Waals surface area (Å²) in [5, 5.41) is 29.4. The number of nitrogens with one attached hydrogen (secondary N) is 2. The first-order chi connectivity index (χ1) is 14.9. The summed E-state index contributed by atoms with van der Waals surface area (Å²) in [7, 11) is 0. The number of rotatable bonds is 6. The molecule has 154 valence electrons. The molecule has 2 N–H and O–H groups in total. The maximum Gasteiger partial charge on any atom is 0.353 e. The number of nitro groups is 2. The second-order valence-electron chi connectivity index (χ2n) is 6.56. The third-order valence-corrected chi connectivity index (χ3v) is 4.44. The lowest BCUT2D eigenvalue weighted by atomic mass is 10.1. The topological polar surface area (TPSA) is 149 Å². The van der Waals surface area contributed by atoms with E-state index in [4.69, 9.17) is 0 Å². The maximum atomic E-state index is 11.8. The van der Waals surface area contributed by atoms with Crippen molar-refractivity contribution in [2.75, 3.05) is 10.6 Å². The fourth-order valence-electron chi connectivity index (χ4n) is 3.04. The van der Waals surface area contributed by atoms with Gasteiger partial charge in [-0.2, -0.15) is 0 Å². The highest BCUT2D eigenvalue weighted by Gasteiger charge is 2.24. The van der Waals surface area contributed by atoms with Crippen LogP contribution in [0.25, 0.3) is 10.9 Å². The van der Waals surface area contributed by atoms with Gasteiger partial charge in [-0.15, -0.1) is 0 Å². The van der Waals surface area contributed by atoms with Crippen molar-refractivity contribution in [2.24, 2.45) is 0 Å². The fraction of sp³-hybridized carbons (Fsp3) is 0.0500. The summed E-state index contributed by atoms with van der Waals surface area (Å²) >= 11 is 0. The van der Waals surface area contributed by atoms with Crippen LogP contribution in [0, 0.1) is 27.2 Å². The quantitative estimate of drug-likeness (QED) is 0.338. The minimum Gasteiger partial charge on any atom is -0.334 e. The number of hydrogen-bond acceptors (Lipinski definition) is 9. The third-order valence-electron chi connectivity index (χ3n) is 4.44. The summed E-state index contributed by atoms with van der Waals surface area (Å²) in [6.45, 7) is 1.85. The number of benzene rings is 2. The summed E-state index contributed by atoms with van der Waals surface area (Å²) in [6, 6.07) is 14.8. The lowest BCUT2D eigenvalue weighted by Gasteiger charge is -2.11. The number of aryl methyl sites for hydroxylation is 1. The monoisotopic (exact) mass is 417 g/mol. The van der Waals surface area contributed by atoms with Gasteiger partial charge in [0.2, 0.25) is 11.6 Å². The molecule has 4 rings (SSSR count). The van der Waals surface area contributed by atoms with Crippen LogP contribution >= 0.6 is 0 Å². The third kappa shape index (κ3) is 4.05. The predicted molar refractivity (Wildman–Crippen MR) is 115 cm³/mol. The van der Waals surface area contributed by atoms with Crippen LogP contribution in [0.5, 0.6) is 0 Å². The van der Waals surface area contributed by atoms with E-state index in [1.165, 1.54) is 24.5 Å². The zero-order valence-electron chi connectivity index (χ0n) is 16.1. The van der Waals surface area contributed by atoms with Gasteiger partial charge in [0.25, 0.3) is 5.69 Å². The van der Waals surface area contributed by atoms with Crippen LogP contribution in [-0.4, -0.2) is 24.8 Å². The van der Waals surface area contributed by atoms with Gasteiger partial charge in [-0.3, -0.25) is 25.2 Å². The first-order valence-electron chi connectivity index (χ1n) is 9.06. The van der Waals surface area contributed by atoms with Crippen LogP contribution in [0.4, 0.5) is 34.4 Å².